The largest absolute Gasteiger partial charge is 0.324 e. The number of benzene rings is 1. The number of amides is 3. The molecule has 0 radical (unpaired) electrons. The average molecular weight is 339 g/mol. The quantitative estimate of drug-likeness (QED) is 0.642. The SMILES string of the molecule is C=CCN1C(=O)[C@@H]2[C@@H](C(C)C)N[C@]3(C(=O)Nc4ccccc43)[C@@H]2C1=O. The molecule has 25 heavy (non-hydrogen) atoms. The van der Waals surface area contributed by atoms with Crippen LogP contribution < -0.4 is 10.6 Å². The molecular formula is C19H21N3O3. The first-order valence-corrected chi connectivity index (χ1v) is 8.58. The predicted octanol–water partition coefficient (Wildman–Crippen LogP) is 1.25. The average Bonchev–Trinajstić information content (AvgIpc) is 3.16. The van der Waals surface area contributed by atoms with Crippen LogP contribution in [0.5, 0.6) is 0 Å². The van der Waals surface area contributed by atoms with Crippen molar-refractivity contribution in [3.05, 3.63) is 42.5 Å². The van der Waals surface area contributed by atoms with Gasteiger partial charge in [-0.25, -0.2) is 0 Å². The summed E-state index contributed by atoms with van der Waals surface area (Å²) in [5, 5.41) is 6.27. The molecule has 0 unspecified atom stereocenters. The Morgan fingerprint density at radius 2 is 1.96 bits per heavy atom. The summed E-state index contributed by atoms with van der Waals surface area (Å²) in [6.45, 7) is 7.82. The van der Waals surface area contributed by atoms with Crippen molar-refractivity contribution in [2.24, 2.45) is 17.8 Å². The van der Waals surface area contributed by atoms with Gasteiger partial charge in [0.15, 0.2) is 0 Å². The molecule has 0 aromatic heterocycles. The molecule has 1 aromatic carbocycles. The lowest BCUT2D eigenvalue weighted by molar-refractivity contribution is -0.142. The summed E-state index contributed by atoms with van der Waals surface area (Å²) >= 11 is 0. The van der Waals surface area contributed by atoms with Gasteiger partial charge in [-0.15, -0.1) is 6.58 Å². The summed E-state index contributed by atoms with van der Waals surface area (Å²) in [7, 11) is 0. The van der Waals surface area contributed by atoms with Crippen LogP contribution in [0.3, 0.4) is 0 Å². The van der Waals surface area contributed by atoms with E-state index in [-0.39, 0.29) is 36.2 Å². The predicted molar refractivity (Wildman–Crippen MR) is 92.4 cm³/mol. The number of para-hydroxylation sites is 1. The lowest BCUT2D eigenvalue weighted by Gasteiger charge is -2.30. The zero-order valence-corrected chi connectivity index (χ0v) is 14.3. The van der Waals surface area contributed by atoms with Crippen molar-refractivity contribution < 1.29 is 14.4 Å². The van der Waals surface area contributed by atoms with E-state index in [0.717, 1.165) is 5.56 Å². The number of fused-ring (bicyclic) bond motifs is 4. The van der Waals surface area contributed by atoms with Gasteiger partial charge >= 0.3 is 0 Å². The van der Waals surface area contributed by atoms with E-state index >= 15 is 0 Å². The van der Waals surface area contributed by atoms with Gasteiger partial charge in [0.1, 0.15) is 5.54 Å². The van der Waals surface area contributed by atoms with Crippen LogP contribution in [0, 0.1) is 17.8 Å². The van der Waals surface area contributed by atoms with E-state index in [2.05, 4.69) is 17.2 Å². The van der Waals surface area contributed by atoms with Crippen LogP contribution in [-0.4, -0.2) is 35.2 Å². The minimum Gasteiger partial charge on any atom is -0.324 e. The van der Waals surface area contributed by atoms with Gasteiger partial charge in [-0.1, -0.05) is 38.1 Å². The number of imide groups is 1. The molecule has 130 valence electrons. The molecular weight excluding hydrogens is 318 g/mol. The number of hydrogen-bond acceptors (Lipinski definition) is 4. The van der Waals surface area contributed by atoms with Gasteiger partial charge in [-0.05, 0) is 12.0 Å². The van der Waals surface area contributed by atoms with Gasteiger partial charge in [0.05, 0.1) is 11.8 Å². The van der Waals surface area contributed by atoms with Crippen molar-refractivity contribution in [1.29, 1.82) is 0 Å². The Labute approximate surface area is 146 Å². The van der Waals surface area contributed by atoms with Crippen molar-refractivity contribution in [2.75, 3.05) is 11.9 Å². The smallest absolute Gasteiger partial charge is 0.250 e. The van der Waals surface area contributed by atoms with E-state index in [4.69, 9.17) is 0 Å². The third kappa shape index (κ3) is 1.86. The second kappa shape index (κ2) is 5.26. The Morgan fingerprint density at radius 1 is 1.24 bits per heavy atom. The molecule has 0 saturated carbocycles. The van der Waals surface area contributed by atoms with Gasteiger partial charge in [0, 0.05) is 23.8 Å². The van der Waals surface area contributed by atoms with Crippen LogP contribution in [0.15, 0.2) is 36.9 Å². The molecule has 3 amide bonds. The van der Waals surface area contributed by atoms with Crippen molar-refractivity contribution in [3.8, 4) is 0 Å². The maximum absolute atomic E-state index is 13.1. The Bertz CT molecular complexity index is 803. The van der Waals surface area contributed by atoms with Gasteiger partial charge in [0.2, 0.25) is 17.7 Å². The molecule has 1 aromatic rings. The number of rotatable bonds is 3. The number of carbonyl (C=O) groups excluding carboxylic acids is 3. The van der Waals surface area contributed by atoms with E-state index in [1.54, 1.807) is 6.08 Å². The van der Waals surface area contributed by atoms with Gasteiger partial charge in [-0.3, -0.25) is 24.6 Å². The highest BCUT2D eigenvalue weighted by Crippen LogP contribution is 2.53. The van der Waals surface area contributed by atoms with Crippen LogP contribution in [-0.2, 0) is 19.9 Å². The highest BCUT2D eigenvalue weighted by atomic mass is 16.2. The van der Waals surface area contributed by atoms with Crippen molar-refractivity contribution in [2.45, 2.75) is 25.4 Å². The minimum absolute atomic E-state index is 0.105. The van der Waals surface area contributed by atoms with Crippen molar-refractivity contribution in [1.82, 2.24) is 10.2 Å². The summed E-state index contributed by atoms with van der Waals surface area (Å²) in [6, 6.07) is 7.13. The van der Waals surface area contributed by atoms with Crippen LogP contribution in [0.2, 0.25) is 0 Å². The molecule has 1 spiro atoms. The molecule has 6 heteroatoms. The Hall–Kier alpha value is -2.47. The molecule has 6 nitrogen and oxygen atoms in total. The molecule has 0 bridgehead atoms. The number of carbonyl (C=O) groups is 3. The fourth-order valence-electron chi connectivity index (χ4n) is 4.63. The summed E-state index contributed by atoms with van der Waals surface area (Å²) < 4.78 is 0. The third-order valence-electron chi connectivity index (χ3n) is 5.68. The molecule has 2 N–H and O–H groups in total. The second-order valence-electron chi connectivity index (χ2n) is 7.30. The van der Waals surface area contributed by atoms with Crippen LogP contribution in [0.25, 0.3) is 0 Å². The fourth-order valence-corrected chi connectivity index (χ4v) is 4.63. The third-order valence-corrected chi connectivity index (χ3v) is 5.68. The van der Waals surface area contributed by atoms with E-state index in [9.17, 15) is 14.4 Å². The number of likely N-dealkylation sites (tertiary alicyclic amines) is 1. The first-order valence-electron chi connectivity index (χ1n) is 8.58. The monoisotopic (exact) mass is 339 g/mol. The minimum atomic E-state index is -1.18. The molecule has 4 rings (SSSR count). The Morgan fingerprint density at radius 3 is 2.64 bits per heavy atom. The number of nitrogens with one attached hydrogen (secondary N) is 2. The molecule has 3 heterocycles. The molecule has 4 atom stereocenters. The first kappa shape index (κ1) is 16.0. The second-order valence-corrected chi connectivity index (χ2v) is 7.30. The van der Waals surface area contributed by atoms with Crippen LogP contribution in [0.1, 0.15) is 19.4 Å². The molecule has 2 fully saturated rings. The standard InChI is InChI=1S/C19H21N3O3/c1-4-9-22-16(23)13-14(17(22)24)19(21-15(13)10(2)3)11-7-5-6-8-12(11)20-18(19)25/h4-8,10,13-15,21H,1,9H2,2-3H3,(H,20,25)/t13-,14-,15+,19-/m0/s1. The highest BCUT2D eigenvalue weighted by Gasteiger charge is 2.70. The molecule has 2 saturated heterocycles. The van der Waals surface area contributed by atoms with E-state index in [1.807, 2.05) is 38.1 Å². The zero-order chi connectivity index (χ0) is 17.9. The maximum Gasteiger partial charge on any atom is 0.250 e. The highest BCUT2D eigenvalue weighted by molar-refractivity contribution is 6.15. The Kier molecular flexibility index (Phi) is 3.37. The molecule has 0 aliphatic carbocycles. The summed E-state index contributed by atoms with van der Waals surface area (Å²) in [5.41, 5.74) is 0.268. The van der Waals surface area contributed by atoms with Crippen LogP contribution >= 0.6 is 0 Å². The van der Waals surface area contributed by atoms with Crippen molar-refractivity contribution >= 4 is 23.4 Å². The lowest BCUT2D eigenvalue weighted by atomic mass is 9.76. The molecule has 3 aliphatic heterocycles. The maximum atomic E-state index is 13.1. The van der Waals surface area contributed by atoms with Crippen LogP contribution in [0.4, 0.5) is 5.69 Å². The van der Waals surface area contributed by atoms with Crippen molar-refractivity contribution in [3.63, 3.8) is 0 Å². The number of hydrogen-bond donors (Lipinski definition) is 2. The van der Waals surface area contributed by atoms with E-state index < -0.39 is 17.4 Å². The van der Waals surface area contributed by atoms with E-state index in [1.165, 1.54) is 4.90 Å². The fraction of sp³-hybridized carbons (Fsp3) is 0.421. The first-order chi connectivity index (χ1) is 11.9. The summed E-state index contributed by atoms with van der Waals surface area (Å²) in [4.78, 5) is 40.3. The zero-order valence-electron chi connectivity index (χ0n) is 14.3. The summed E-state index contributed by atoms with van der Waals surface area (Å²) in [5.74, 6) is -1.92. The topological polar surface area (TPSA) is 78.5 Å². The normalized spacial score (nSPS) is 33.2. The van der Waals surface area contributed by atoms with Gasteiger partial charge in [0.25, 0.3) is 0 Å². The number of anilines is 1. The van der Waals surface area contributed by atoms with E-state index in [0.29, 0.717) is 5.69 Å². The lowest BCUT2D eigenvalue weighted by Crippen LogP contribution is -2.54. The number of nitrogens with zero attached hydrogens (tertiary/aromatic N) is 1. The molecule has 3 aliphatic rings. The van der Waals surface area contributed by atoms with Gasteiger partial charge in [-0.2, -0.15) is 0 Å². The Balaban J connectivity index is 1.91. The van der Waals surface area contributed by atoms with Gasteiger partial charge < -0.3 is 5.32 Å². The summed E-state index contributed by atoms with van der Waals surface area (Å²) in [6.07, 6.45) is 1.55.